The molecule has 5 rings (SSSR count). The molecule has 7 unspecified atom stereocenters. The van der Waals surface area contributed by atoms with Crippen LogP contribution in [0.1, 0.15) is 115 Å². The van der Waals surface area contributed by atoms with Crippen molar-refractivity contribution in [3.05, 3.63) is 35.4 Å². The van der Waals surface area contributed by atoms with E-state index < -0.39 is 0 Å². The van der Waals surface area contributed by atoms with Crippen LogP contribution in [0.25, 0.3) is 0 Å². The van der Waals surface area contributed by atoms with Gasteiger partial charge in [-0.15, -0.1) is 0 Å². The van der Waals surface area contributed by atoms with Crippen LogP contribution in [0.3, 0.4) is 0 Å². The monoisotopic (exact) mass is 445 g/mol. The third kappa shape index (κ3) is 4.19. The maximum atomic E-state index is 9.07. The van der Waals surface area contributed by atoms with Gasteiger partial charge in [-0.3, -0.25) is 0 Å². The lowest BCUT2D eigenvalue weighted by molar-refractivity contribution is -0.0823. The molecule has 4 saturated carbocycles. The number of hydrogen-bond acceptors (Lipinski definition) is 1. The first kappa shape index (κ1) is 23.5. The average molecular weight is 446 g/mol. The Hall–Kier alpha value is -1.29. The SMILES string of the molecule is CCC[C@@]1(CC)CCC2C(CCC3C2CCC2(C)C(CCc4ccc(C#N)cc4)CCC32)C1. The normalized spacial score (nSPS) is 42.1. The summed E-state index contributed by atoms with van der Waals surface area (Å²) >= 11 is 0. The predicted molar refractivity (Wildman–Crippen MR) is 138 cm³/mol. The summed E-state index contributed by atoms with van der Waals surface area (Å²) in [7, 11) is 0. The van der Waals surface area contributed by atoms with Crippen LogP contribution in [-0.2, 0) is 6.42 Å². The van der Waals surface area contributed by atoms with Crippen LogP contribution in [0, 0.1) is 57.7 Å². The molecule has 0 amide bonds. The van der Waals surface area contributed by atoms with E-state index in [1.807, 2.05) is 12.1 Å². The third-order valence-electron chi connectivity index (χ3n) is 11.8. The smallest absolute Gasteiger partial charge is 0.0991 e. The van der Waals surface area contributed by atoms with Crippen molar-refractivity contribution in [2.24, 2.45) is 46.3 Å². The molecule has 0 radical (unpaired) electrons. The van der Waals surface area contributed by atoms with Gasteiger partial charge in [-0.1, -0.05) is 45.7 Å². The molecule has 4 fully saturated rings. The zero-order chi connectivity index (χ0) is 23.1. The molecule has 1 aromatic carbocycles. The highest BCUT2D eigenvalue weighted by Crippen LogP contribution is 2.66. The van der Waals surface area contributed by atoms with Crippen molar-refractivity contribution in [3.8, 4) is 6.07 Å². The molecule has 33 heavy (non-hydrogen) atoms. The van der Waals surface area contributed by atoms with Crippen LogP contribution < -0.4 is 0 Å². The van der Waals surface area contributed by atoms with Gasteiger partial charge in [-0.2, -0.15) is 5.26 Å². The fourth-order valence-corrected chi connectivity index (χ4v) is 9.99. The first-order valence-corrected chi connectivity index (χ1v) is 14.5. The Bertz CT molecular complexity index is 848. The molecule has 1 nitrogen and oxygen atoms in total. The first-order valence-electron chi connectivity index (χ1n) is 14.5. The van der Waals surface area contributed by atoms with Crippen LogP contribution in [0.4, 0.5) is 0 Å². The summed E-state index contributed by atoms with van der Waals surface area (Å²) in [6, 6.07) is 10.6. The lowest BCUT2D eigenvalue weighted by Gasteiger charge is -2.58. The molecule has 1 aromatic rings. The van der Waals surface area contributed by atoms with Gasteiger partial charge in [0.1, 0.15) is 0 Å². The van der Waals surface area contributed by atoms with Crippen molar-refractivity contribution in [1.29, 1.82) is 5.26 Å². The van der Waals surface area contributed by atoms with E-state index in [-0.39, 0.29) is 0 Å². The Kier molecular flexibility index (Phi) is 6.68. The maximum absolute atomic E-state index is 9.07. The van der Waals surface area contributed by atoms with Crippen molar-refractivity contribution in [1.82, 2.24) is 0 Å². The minimum Gasteiger partial charge on any atom is -0.192 e. The number of fused-ring (bicyclic) bond motifs is 5. The van der Waals surface area contributed by atoms with Gasteiger partial charge >= 0.3 is 0 Å². The Morgan fingerprint density at radius 3 is 2.42 bits per heavy atom. The number of benzene rings is 1. The highest BCUT2D eigenvalue weighted by molar-refractivity contribution is 5.31. The van der Waals surface area contributed by atoms with E-state index in [1.165, 1.54) is 69.8 Å². The van der Waals surface area contributed by atoms with Gasteiger partial charge in [-0.05, 0) is 141 Å². The molecule has 0 saturated heterocycles. The maximum Gasteiger partial charge on any atom is 0.0991 e. The fraction of sp³-hybridized carbons (Fsp3) is 0.781. The molecule has 8 atom stereocenters. The van der Waals surface area contributed by atoms with Gasteiger partial charge < -0.3 is 0 Å². The highest BCUT2D eigenvalue weighted by Gasteiger charge is 2.57. The lowest BCUT2D eigenvalue weighted by atomic mass is 9.47. The summed E-state index contributed by atoms with van der Waals surface area (Å²) in [4.78, 5) is 0. The van der Waals surface area contributed by atoms with Crippen molar-refractivity contribution < 1.29 is 0 Å². The van der Waals surface area contributed by atoms with Crippen molar-refractivity contribution in [2.75, 3.05) is 0 Å². The molecule has 180 valence electrons. The van der Waals surface area contributed by atoms with Crippen molar-refractivity contribution >= 4 is 0 Å². The zero-order valence-electron chi connectivity index (χ0n) is 21.6. The summed E-state index contributed by atoms with van der Waals surface area (Å²) in [6.45, 7) is 7.57. The highest BCUT2D eigenvalue weighted by atomic mass is 14.6. The second-order valence-corrected chi connectivity index (χ2v) is 12.9. The summed E-state index contributed by atoms with van der Waals surface area (Å²) in [5, 5.41) is 9.07. The van der Waals surface area contributed by atoms with E-state index in [2.05, 4.69) is 39.0 Å². The van der Waals surface area contributed by atoms with E-state index in [9.17, 15) is 0 Å². The first-order chi connectivity index (χ1) is 16.0. The molecule has 0 heterocycles. The van der Waals surface area contributed by atoms with E-state index in [0.717, 1.165) is 41.1 Å². The van der Waals surface area contributed by atoms with E-state index in [1.54, 1.807) is 25.7 Å². The Labute approximate surface area is 203 Å². The second kappa shape index (κ2) is 9.40. The summed E-state index contributed by atoms with van der Waals surface area (Å²) < 4.78 is 0. The molecular formula is C32H47N. The number of nitriles is 1. The number of rotatable bonds is 6. The molecule has 0 N–H and O–H groups in total. The Morgan fingerprint density at radius 1 is 0.909 bits per heavy atom. The topological polar surface area (TPSA) is 23.8 Å². The Balaban J connectivity index is 1.24. The molecule has 4 aliphatic rings. The lowest BCUT2D eigenvalue weighted by Crippen LogP contribution is -2.49. The average Bonchev–Trinajstić information content (AvgIpc) is 3.19. The quantitative estimate of drug-likeness (QED) is 0.428. The number of nitrogens with zero attached hydrogens (tertiary/aromatic N) is 1. The number of aryl methyl sites for hydroxylation is 1. The van der Waals surface area contributed by atoms with Crippen LogP contribution in [0.15, 0.2) is 24.3 Å². The summed E-state index contributed by atoms with van der Waals surface area (Å²) in [5.41, 5.74) is 3.48. The van der Waals surface area contributed by atoms with Gasteiger partial charge in [-0.25, -0.2) is 0 Å². The summed E-state index contributed by atoms with van der Waals surface area (Å²) in [6.07, 6.45) is 20.5. The number of hydrogen-bond donors (Lipinski definition) is 0. The van der Waals surface area contributed by atoms with Crippen molar-refractivity contribution in [2.45, 2.75) is 111 Å². The van der Waals surface area contributed by atoms with Crippen LogP contribution >= 0.6 is 0 Å². The minimum atomic E-state index is 0.588. The van der Waals surface area contributed by atoms with Gasteiger partial charge in [0.2, 0.25) is 0 Å². The van der Waals surface area contributed by atoms with Crippen LogP contribution in [0.2, 0.25) is 0 Å². The van der Waals surface area contributed by atoms with E-state index in [4.69, 9.17) is 5.26 Å². The second-order valence-electron chi connectivity index (χ2n) is 12.9. The van der Waals surface area contributed by atoms with Crippen molar-refractivity contribution in [3.63, 3.8) is 0 Å². The molecular weight excluding hydrogens is 398 g/mol. The van der Waals surface area contributed by atoms with Gasteiger partial charge in [0.05, 0.1) is 11.6 Å². The van der Waals surface area contributed by atoms with E-state index in [0.29, 0.717) is 10.8 Å². The third-order valence-corrected chi connectivity index (χ3v) is 11.8. The Morgan fingerprint density at radius 2 is 1.70 bits per heavy atom. The zero-order valence-corrected chi connectivity index (χ0v) is 21.6. The van der Waals surface area contributed by atoms with Crippen LogP contribution in [0.5, 0.6) is 0 Å². The molecule has 0 aliphatic heterocycles. The minimum absolute atomic E-state index is 0.588. The molecule has 0 aromatic heterocycles. The van der Waals surface area contributed by atoms with Gasteiger partial charge in [0.25, 0.3) is 0 Å². The standard InChI is InChI=1S/C32H47N/c1-4-18-32(5-2)20-17-27-25(21-32)11-14-29-28(27)16-19-31(3)26(13-15-30(29)31)12-10-23-6-8-24(22-33)9-7-23/h6-9,25-30H,4-5,10-21H2,1-3H3/t25?,26?,27?,28?,29?,30?,31?,32-/m0/s1. The van der Waals surface area contributed by atoms with Gasteiger partial charge in [0, 0.05) is 0 Å². The molecule has 1 heteroatoms. The predicted octanol–water partition coefficient (Wildman–Crippen LogP) is 8.96. The molecule has 4 aliphatic carbocycles. The molecule has 0 bridgehead atoms. The molecule has 0 spiro atoms. The van der Waals surface area contributed by atoms with E-state index >= 15 is 0 Å². The van der Waals surface area contributed by atoms with Gasteiger partial charge in [0.15, 0.2) is 0 Å². The largest absolute Gasteiger partial charge is 0.192 e. The summed E-state index contributed by atoms with van der Waals surface area (Å²) in [5.74, 6) is 6.09. The van der Waals surface area contributed by atoms with Crippen LogP contribution in [-0.4, -0.2) is 0 Å². The fourth-order valence-electron chi connectivity index (χ4n) is 9.99.